The summed E-state index contributed by atoms with van der Waals surface area (Å²) in [6, 6.07) is 53.8. The van der Waals surface area contributed by atoms with Gasteiger partial charge in [0, 0.05) is 23.5 Å². The zero-order valence-corrected chi connectivity index (χ0v) is 25.3. The summed E-state index contributed by atoms with van der Waals surface area (Å²) in [7, 11) is 0. The number of hydrogen-bond acceptors (Lipinski definition) is 4. The molecule has 0 radical (unpaired) electrons. The maximum Gasteiger partial charge on any atom is 0.227 e. The monoisotopic (exact) mass is 601 g/mol. The molecule has 8 aromatic rings. The lowest BCUT2D eigenvalue weighted by atomic mass is 9.95. The Hall–Kier alpha value is -6.57. The van der Waals surface area contributed by atoms with Crippen LogP contribution in [0.3, 0.4) is 0 Å². The summed E-state index contributed by atoms with van der Waals surface area (Å²) in [6.07, 6.45) is 3.66. The smallest absolute Gasteiger partial charge is 0.227 e. The van der Waals surface area contributed by atoms with Crippen LogP contribution in [0.2, 0.25) is 0 Å². The number of rotatable bonds is 6. The number of nitriles is 1. The third kappa shape index (κ3) is 5.59. The number of hydrogen-bond donors (Lipinski definition) is 0. The van der Waals surface area contributed by atoms with Gasteiger partial charge in [-0.15, -0.1) is 0 Å². The molecule has 0 bridgehead atoms. The third-order valence-electron chi connectivity index (χ3n) is 8.47. The highest BCUT2D eigenvalue weighted by Crippen LogP contribution is 2.38. The molecule has 0 fully saturated rings. The molecule has 0 unspecified atom stereocenters. The minimum absolute atomic E-state index is 0.579. The van der Waals surface area contributed by atoms with Gasteiger partial charge in [0.25, 0.3) is 0 Å². The van der Waals surface area contributed by atoms with Crippen LogP contribution in [0, 0.1) is 11.3 Å². The van der Waals surface area contributed by atoms with E-state index in [0.29, 0.717) is 11.5 Å². The van der Waals surface area contributed by atoms with E-state index in [-0.39, 0.29) is 0 Å². The lowest BCUT2D eigenvalue weighted by Gasteiger charge is -2.09. The molecule has 0 spiro atoms. The van der Waals surface area contributed by atoms with Crippen molar-refractivity contribution in [1.29, 1.82) is 5.26 Å². The lowest BCUT2D eigenvalue weighted by Crippen LogP contribution is -1.87. The molecule has 0 aliphatic heterocycles. The molecule has 8 rings (SSSR count). The van der Waals surface area contributed by atoms with Crippen molar-refractivity contribution in [2.24, 2.45) is 0 Å². The Morgan fingerprint density at radius 3 is 1.72 bits per heavy atom. The van der Waals surface area contributed by atoms with Crippen LogP contribution in [0.1, 0.15) is 5.56 Å². The van der Waals surface area contributed by atoms with E-state index >= 15 is 0 Å². The molecule has 0 N–H and O–H groups in total. The fraction of sp³-hybridized carbons (Fsp3) is 0. The first-order valence-corrected chi connectivity index (χ1v) is 15.4. The van der Waals surface area contributed by atoms with Crippen molar-refractivity contribution in [2.45, 2.75) is 0 Å². The van der Waals surface area contributed by atoms with Crippen molar-refractivity contribution in [2.75, 3.05) is 0 Å². The Labute approximate surface area is 272 Å². The van der Waals surface area contributed by atoms with Crippen molar-refractivity contribution in [3.05, 3.63) is 170 Å². The second-order valence-electron chi connectivity index (χ2n) is 11.4. The van der Waals surface area contributed by atoms with E-state index in [2.05, 4.69) is 114 Å². The van der Waals surface area contributed by atoms with E-state index in [1.54, 1.807) is 6.20 Å². The minimum atomic E-state index is 0.579. The van der Waals surface area contributed by atoms with Crippen molar-refractivity contribution >= 4 is 11.1 Å². The van der Waals surface area contributed by atoms with Crippen LogP contribution in [0.15, 0.2) is 168 Å². The standard InChI is InChI=1S/C43H27N3O/c44-27-29-6-4-9-37(24-29)32-15-19-35(20-16-32)40-25-39(34-13-11-33(12-14-34)38-10-5-23-45-28-38)26-41-42(40)46-43(47-41)36-21-17-31(18-22-36)30-7-2-1-3-8-30/h1-26,28H. The predicted molar refractivity (Wildman–Crippen MR) is 189 cm³/mol. The normalized spacial score (nSPS) is 11.0. The van der Waals surface area contributed by atoms with Gasteiger partial charge in [0.1, 0.15) is 5.52 Å². The van der Waals surface area contributed by atoms with Crippen LogP contribution in [0.25, 0.3) is 78.2 Å². The summed E-state index contributed by atoms with van der Waals surface area (Å²) >= 11 is 0. The number of fused-ring (bicyclic) bond motifs is 1. The maximum atomic E-state index is 9.38. The molecule has 4 heteroatoms. The Bertz CT molecular complexity index is 2370. The molecule has 0 atom stereocenters. The molecule has 4 nitrogen and oxygen atoms in total. The molecule has 0 aliphatic rings. The van der Waals surface area contributed by atoms with Gasteiger partial charge in [0.05, 0.1) is 11.6 Å². The highest BCUT2D eigenvalue weighted by Gasteiger charge is 2.16. The maximum absolute atomic E-state index is 9.38. The van der Waals surface area contributed by atoms with Crippen molar-refractivity contribution in [1.82, 2.24) is 9.97 Å². The van der Waals surface area contributed by atoms with Crippen LogP contribution in [-0.4, -0.2) is 9.97 Å². The Morgan fingerprint density at radius 2 is 1.04 bits per heavy atom. The fourth-order valence-electron chi connectivity index (χ4n) is 5.97. The molecule has 6 aromatic carbocycles. The topological polar surface area (TPSA) is 62.7 Å². The van der Waals surface area contributed by atoms with Crippen LogP contribution >= 0.6 is 0 Å². The summed E-state index contributed by atoms with van der Waals surface area (Å²) in [5, 5.41) is 9.38. The van der Waals surface area contributed by atoms with Crippen LogP contribution in [0.4, 0.5) is 0 Å². The van der Waals surface area contributed by atoms with Gasteiger partial charge in [-0.05, 0) is 92.5 Å². The number of aromatic nitrogens is 2. The summed E-state index contributed by atoms with van der Waals surface area (Å²) in [4.78, 5) is 9.31. The van der Waals surface area contributed by atoms with Crippen LogP contribution < -0.4 is 0 Å². The fourth-order valence-corrected chi connectivity index (χ4v) is 5.97. The number of oxazole rings is 1. The van der Waals surface area contributed by atoms with Crippen molar-refractivity contribution in [3.8, 4) is 73.2 Å². The van der Waals surface area contributed by atoms with E-state index < -0.39 is 0 Å². The number of pyridine rings is 1. The zero-order chi connectivity index (χ0) is 31.6. The first kappa shape index (κ1) is 27.9. The Morgan fingerprint density at radius 1 is 0.468 bits per heavy atom. The van der Waals surface area contributed by atoms with Gasteiger partial charge in [-0.1, -0.05) is 109 Å². The molecule has 220 valence electrons. The number of benzene rings is 6. The van der Waals surface area contributed by atoms with Crippen molar-refractivity contribution in [3.63, 3.8) is 0 Å². The molecule has 0 saturated carbocycles. The van der Waals surface area contributed by atoms with Gasteiger partial charge in [0.15, 0.2) is 5.58 Å². The summed E-state index contributed by atoms with van der Waals surface area (Å²) < 4.78 is 6.49. The summed E-state index contributed by atoms with van der Waals surface area (Å²) in [6.45, 7) is 0. The number of nitrogens with zero attached hydrogens (tertiary/aromatic N) is 3. The van der Waals surface area contributed by atoms with Gasteiger partial charge in [-0.25, -0.2) is 4.98 Å². The average Bonchev–Trinajstić information content (AvgIpc) is 3.60. The van der Waals surface area contributed by atoms with Crippen LogP contribution in [0.5, 0.6) is 0 Å². The van der Waals surface area contributed by atoms with Gasteiger partial charge in [0.2, 0.25) is 5.89 Å². The average molecular weight is 602 g/mol. The third-order valence-corrected chi connectivity index (χ3v) is 8.47. The molecule has 2 heterocycles. The van der Waals surface area contributed by atoms with E-state index in [1.807, 2.05) is 54.7 Å². The molecular weight excluding hydrogens is 574 g/mol. The van der Waals surface area contributed by atoms with Gasteiger partial charge in [-0.2, -0.15) is 5.26 Å². The highest BCUT2D eigenvalue weighted by atomic mass is 16.3. The summed E-state index contributed by atoms with van der Waals surface area (Å²) in [5.41, 5.74) is 13.8. The largest absolute Gasteiger partial charge is 0.436 e. The van der Waals surface area contributed by atoms with E-state index in [1.165, 1.54) is 5.56 Å². The highest BCUT2D eigenvalue weighted by molar-refractivity contribution is 5.96. The van der Waals surface area contributed by atoms with E-state index in [0.717, 1.165) is 66.7 Å². The summed E-state index contributed by atoms with van der Waals surface area (Å²) in [5.74, 6) is 0.579. The first-order valence-electron chi connectivity index (χ1n) is 15.4. The molecule has 0 amide bonds. The van der Waals surface area contributed by atoms with E-state index in [9.17, 15) is 5.26 Å². The van der Waals surface area contributed by atoms with Gasteiger partial charge >= 0.3 is 0 Å². The Kier molecular flexibility index (Phi) is 7.18. The second-order valence-corrected chi connectivity index (χ2v) is 11.4. The SMILES string of the molecule is N#Cc1cccc(-c2ccc(-c3cc(-c4ccc(-c5cccnc5)cc4)cc4oc(-c5ccc(-c6ccccc6)cc5)nc34)cc2)c1. The van der Waals surface area contributed by atoms with Gasteiger partial charge < -0.3 is 4.42 Å². The minimum Gasteiger partial charge on any atom is -0.436 e. The quantitative estimate of drug-likeness (QED) is 0.190. The lowest BCUT2D eigenvalue weighted by molar-refractivity contribution is 0.620. The zero-order valence-electron chi connectivity index (χ0n) is 25.3. The molecule has 0 aliphatic carbocycles. The van der Waals surface area contributed by atoms with Crippen LogP contribution in [-0.2, 0) is 0 Å². The predicted octanol–water partition coefficient (Wildman–Crippen LogP) is 11.1. The molecule has 2 aromatic heterocycles. The second kappa shape index (κ2) is 12.1. The molecular formula is C43H27N3O. The first-order chi connectivity index (χ1) is 23.2. The van der Waals surface area contributed by atoms with Gasteiger partial charge in [-0.3, -0.25) is 4.98 Å². The van der Waals surface area contributed by atoms with E-state index in [4.69, 9.17) is 9.40 Å². The molecule has 0 saturated heterocycles. The van der Waals surface area contributed by atoms with Crippen molar-refractivity contribution < 1.29 is 4.42 Å². The molecule has 47 heavy (non-hydrogen) atoms. The Balaban J connectivity index is 1.21.